The van der Waals surface area contributed by atoms with Crippen molar-refractivity contribution >= 4 is 22.6 Å². The van der Waals surface area contributed by atoms with E-state index < -0.39 is 12.0 Å². The lowest BCUT2D eigenvalue weighted by molar-refractivity contribution is 0.0932. The van der Waals surface area contributed by atoms with Gasteiger partial charge in [0.25, 0.3) is 0 Å². The number of rotatable bonds is 5. The number of Topliss-reactive ketones (excluding diaryl/α,β-unsaturated/α-hetero) is 1. The second-order valence-electron chi connectivity index (χ2n) is 7.58. The van der Waals surface area contributed by atoms with E-state index >= 15 is 0 Å². The number of ketones is 1. The number of nitrogens with two attached hydrogens (primary N) is 1. The summed E-state index contributed by atoms with van der Waals surface area (Å²) in [7, 11) is 0. The molecule has 0 fully saturated rings. The van der Waals surface area contributed by atoms with Gasteiger partial charge in [0, 0.05) is 35.2 Å². The average Bonchev–Trinajstić information content (AvgIpc) is 2.82. The molecular formula is C26H20N2O4. The Bertz CT molecular complexity index is 1330. The number of hydrogen-bond acceptors (Lipinski definition) is 5. The highest BCUT2D eigenvalue weighted by Crippen LogP contribution is 2.35. The normalized spacial score (nSPS) is 13.8. The first-order valence-corrected chi connectivity index (χ1v) is 10.3. The summed E-state index contributed by atoms with van der Waals surface area (Å²) >= 11 is 0. The van der Waals surface area contributed by atoms with Gasteiger partial charge in [-0.15, -0.1) is 0 Å². The number of fused-ring (bicyclic) bond motifs is 2. The van der Waals surface area contributed by atoms with E-state index in [4.69, 9.17) is 15.2 Å². The van der Waals surface area contributed by atoms with Gasteiger partial charge in [0.05, 0.1) is 17.7 Å². The molecule has 0 saturated carbocycles. The maximum absolute atomic E-state index is 12.1. The molecule has 0 bridgehead atoms. The number of carbonyl (C=O) groups is 2. The minimum atomic E-state index is -0.486. The maximum Gasteiger partial charge on any atom is 0.248 e. The van der Waals surface area contributed by atoms with Crippen molar-refractivity contribution in [2.24, 2.45) is 5.73 Å². The highest BCUT2D eigenvalue weighted by molar-refractivity contribution is 5.99. The third-order valence-electron chi connectivity index (χ3n) is 5.56. The molecule has 0 unspecified atom stereocenters. The Balaban J connectivity index is 1.60. The summed E-state index contributed by atoms with van der Waals surface area (Å²) in [5, 5.41) is 0.961. The molecular weight excluding hydrogens is 404 g/mol. The van der Waals surface area contributed by atoms with Crippen molar-refractivity contribution in [1.29, 1.82) is 0 Å². The molecule has 6 nitrogen and oxygen atoms in total. The molecule has 2 N–H and O–H groups in total. The highest BCUT2D eigenvalue weighted by Gasteiger charge is 2.23. The number of amides is 1. The van der Waals surface area contributed by atoms with E-state index in [9.17, 15) is 9.59 Å². The number of hydrogen-bond donors (Lipinski definition) is 1. The smallest absolute Gasteiger partial charge is 0.248 e. The van der Waals surface area contributed by atoms with E-state index in [2.05, 4.69) is 4.98 Å². The number of carbonyl (C=O) groups excluding carboxylic acids is 2. The molecule has 0 aliphatic carbocycles. The van der Waals surface area contributed by atoms with E-state index in [0.717, 1.165) is 22.0 Å². The monoisotopic (exact) mass is 424 g/mol. The first-order valence-electron chi connectivity index (χ1n) is 10.3. The predicted molar refractivity (Wildman–Crippen MR) is 120 cm³/mol. The van der Waals surface area contributed by atoms with Gasteiger partial charge in [-0.3, -0.25) is 14.6 Å². The molecule has 3 aromatic carbocycles. The van der Waals surface area contributed by atoms with Gasteiger partial charge in [0.15, 0.2) is 5.78 Å². The molecule has 1 amide bonds. The molecule has 1 atom stereocenters. The summed E-state index contributed by atoms with van der Waals surface area (Å²) in [5.74, 6) is 0.681. The van der Waals surface area contributed by atoms with Crippen LogP contribution in [0.4, 0.5) is 0 Å². The van der Waals surface area contributed by atoms with Crippen molar-refractivity contribution in [2.45, 2.75) is 12.5 Å². The first-order chi connectivity index (χ1) is 15.6. The minimum Gasteiger partial charge on any atom is -0.492 e. The second kappa shape index (κ2) is 8.15. The Morgan fingerprint density at radius 3 is 2.66 bits per heavy atom. The van der Waals surface area contributed by atoms with Crippen LogP contribution in [0.5, 0.6) is 11.5 Å². The third-order valence-corrected chi connectivity index (χ3v) is 5.56. The van der Waals surface area contributed by atoms with Crippen LogP contribution in [0.25, 0.3) is 10.9 Å². The van der Waals surface area contributed by atoms with E-state index in [1.165, 1.54) is 0 Å². The van der Waals surface area contributed by atoms with Gasteiger partial charge in [-0.25, -0.2) is 0 Å². The zero-order chi connectivity index (χ0) is 22.1. The zero-order valence-electron chi connectivity index (χ0n) is 17.2. The summed E-state index contributed by atoms with van der Waals surface area (Å²) in [6.07, 6.45) is 1.65. The van der Waals surface area contributed by atoms with Crippen LogP contribution >= 0.6 is 0 Å². The molecule has 1 aliphatic heterocycles. The minimum absolute atomic E-state index is 0.0662. The average molecular weight is 424 g/mol. The van der Waals surface area contributed by atoms with Crippen LogP contribution in [0.1, 0.15) is 44.4 Å². The third kappa shape index (κ3) is 3.67. The molecule has 5 rings (SSSR count). The van der Waals surface area contributed by atoms with Crippen LogP contribution in [-0.2, 0) is 0 Å². The Hall–Kier alpha value is -4.19. The molecule has 0 saturated heterocycles. The van der Waals surface area contributed by atoms with Crippen LogP contribution in [0.2, 0.25) is 0 Å². The maximum atomic E-state index is 12.1. The fraction of sp³-hybridized carbons (Fsp3) is 0.115. The fourth-order valence-electron chi connectivity index (χ4n) is 3.93. The predicted octanol–water partition coefficient (Wildman–Crippen LogP) is 4.47. The van der Waals surface area contributed by atoms with Crippen LogP contribution in [0.3, 0.4) is 0 Å². The molecule has 1 aromatic heterocycles. The van der Waals surface area contributed by atoms with Crippen molar-refractivity contribution in [3.63, 3.8) is 0 Å². The van der Waals surface area contributed by atoms with Crippen LogP contribution < -0.4 is 15.2 Å². The van der Waals surface area contributed by atoms with Gasteiger partial charge in [-0.2, -0.15) is 0 Å². The van der Waals surface area contributed by atoms with Gasteiger partial charge in [0.1, 0.15) is 17.6 Å². The van der Waals surface area contributed by atoms with Gasteiger partial charge < -0.3 is 15.2 Å². The molecule has 2 heterocycles. The lowest BCUT2D eigenvalue weighted by atomic mass is 9.97. The van der Waals surface area contributed by atoms with E-state index in [-0.39, 0.29) is 5.78 Å². The Morgan fingerprint density at radius 2 is 1.84 bits per heavy atom. The number of primary amides is 1. The molecule has 0 spiro atoms. The number of aromatic nitrogens is 1. The van der Waals surface area contributed by atoms with Crippen molar-refractivity contribution in [2.75, 3.05) is 6.61 Å². The summed E-state index contributed by atoms with van der Waals surface area (Å²) in [5.41, 5.74) is 9.03. The van der Waals surface area contributed by atoms with Gasteiger partial charge in [-0.05, 0) is 42.0 Å². The van der Waals surface area contributed by atoms with Crippen molar-refractivity contribution in [3.8, 4) is 11.5 Å². The quantitative estimate of drug-likeness (QED) is 0.510. The number of ether oxygens (including phenoxy) is 2. The lowest BCUT2D eigenvalue weighted by Crippen LogP contribution is -2.16. The largest absolute Gasteiger partial charge is 0.492 e. The van der Waals surface area contributed by atoms with Gasteiger partial charge in [0.2, 0.25) is 5.91 Å². The molecule has 1 aliphatic rings. The summed E-state index contributed by atoms with van der Waals surface area (Å²) in [6, 6.07) is 22.1. The summed E-state index contributed by atoms with van der Waals surface area (Å²) < 4.78 is 12.1. The molecule has 158 valence electrons. The summed E-state index contributed by atoms with van der Waals surface area (Å²) in [4.78, 5) is 28.1. The second-order valence-corrected chi connectivity index (χ2v) is 7.58. The number of para-hydroxylation sites is 1. The summed E-state index contributed by atoms with van der Waals surface area (Å²) in [6.45, 7) is 0.363. The standard InChI is InChI=1S/C26H20N2O4/c27-26(30)17-7-5-16(6-8-17)25(20-11-13-28-22-4-2-1-3-19(20)22)32-18-9-10-21-23(29)12-14-31-24(21)15-18/h1-11,13,15,25H,12,14H2,(H2,27,30)/t25-/m1/s1. The van der Waals surface area contributed by atoms with Crippen molar-refractivity contribution < 1.29 is 19.1 Å². The molecule has 0 radical (unpaired) electrons. The number of nitrogens with zero attached hydrogens (tertiary/aromatic N) is 1. The zero-order valence-corrected chi connectivity index (χ0v) is 17.2. The topological polar surface area (TPSA) is 91.5 Å². The van der Waals surface area contributed by atoms with Gasteiger partial charge in [-0.1, -0.05) is 30.3 Å². The Morgan fingerprint density at radius 1 is 1.03 bits per heavy atom. The molecule has 4 aromatic rings. The van der Waals surface area contributed by atoms with Crippen LogP contribution in [0, 0.1) is 0 Å². The number of benzene rings is 3. The van der Waals surface area contributed by atoms with Crippen molar-refractivity contribution in [1.82, 2.24) is 4.98 Å². The van der Waals surface area contributed by atoms with Crippen LogP contribution in [-0.4, -0.2) is 23.3 Å². The Labute approximate surface area is 184 Å². The number of pyridine rings is 1. The van der Waals surface area contributed by atoms with Crippen LogP contribution in [0.15, 0.2) is 79.0 Å². The first kappa shape index (κ1) is 19.8. The van der Waals surface area contributed by atoms with E-state index in [0.29, 0.717) is 35.7 Å². The lowest BCUT2D eigenvalue weighted by Gasteiger charge is -2.23. The van der Waals surface area contributed by atoms with Crippen molar-refractivity contribution in [3.05, 3.63) is 101 Å². The molecule has 6 heteroatoms. The van der Waals surface area contributed by atoms with E-state index in [1.807, 2.05) is 42.5 Å². The SMILES string of the molecule is NC(=O)c1ccc([C@@H](Oc2ccc3c(c2)OCCC3=O)c2ccnc3ccccc23)cc1. The molecule has 32 heavy (non-hydrogen) atoms. The highest BCUT2D eigenvalue weighted by atomic mass is 16.5. The Kier molecular flexibility index (Phi) is 5.03. The fourth-order valence-corrected chi connectivity index (χ4v) is 3.93. The van der Waals surface area contributed by atoms with E-state index in [1.54, 1.807) is 36.5 Å². The van der Waals surface area contributed by atoms with Gasteiger partial charge >= 0.3 is 0 Å².